The van der Waals surface area contributed by atoms with Crippen molar-refractivity contribution >= 4 is 11.9 Å². The largest absolute Gasteiger partial charge is 0.481 e. The van der Waals surface area contributed by atoms with Crippen molar-refractivity contribution in [3.8, 4) is 0 Å². The highest BCUT2D eigenvalue weighted by Crippen LogP contribution is 2.30. The topological polar surface area (TPSA) is 74.6 Å². The van der Waals surface area contributed by atoms with Crippen LogP contribution in [0.2, 0.25) is 0 Å². The molecule has 0 saturated carbocycles. The number of likely N-dealkylation sites (N-methyl/N-ethyl adjacent to an activating group) is 1. The molecule has 0 aliphatic rings. The lowest BCUT2D eigenvalue weighted by Gasteiger charge is -2.42. The van der Waals surface area contributed by atoms with E-state index in [2.05, 4.69) is 19.1 Å². The molecule has 1 unspecified atom stereocenters. The van der Waals surface area contributed by atoms with Gasteiger partial charge in [0.05, 0.1) is 21.1 Å². The Morgan fingerprint density at radius 3 is 1.57 bits per heavy atom. The number of aliphatic carboxylic acids is 2. The second kappa shape index (κ2) is 16.3. The minimum Gasteiger partial charge on any atom is -0.481 e. The number of hydrogen-bond acceptors (Lipinski definition) is 2. The summed E-state index contributed by atoms with van der Waals surface area (Å²) in [7, 11) is 5.32. The van der Waals surface area contributed by atoms with Crippen molar-refractivity contribution in [3.05, 3.63) is 12.2 Å². The van der Waals surface area contributed by atoms with Crippen LogP contribution in [0.15, 0.2) is 12.2 Å². The van der Waals surface area contributed by atoms with E-state index < -0.39 is 17.5 Å². The van der Waals surface area contributed by atoms with Gasteiger partial charge in [0.15, 0.2) is 0 Å². The molecule has 0 heterocycles. The summed E-state index contributed by atoms with van der Waals surface area (Å²) in [6.45, 7) is 2.25. The summed E-state index contributed by atoms with van der Waals surface area (Å²) in [6, 6.07) is 0. The molecule has 5 heteroatoms. The predicted molar refractivity (Wildman–Crippen MR) is 125 cm³/mol. The average molecular weight is 427 g/mol. The van der Waals surface area contributed by atoms with Crippen molar-refractivity contribution in [3.63, 3.8) is 0 Å². The first-order valence-electron chi connectivity index (χ1n) is 12.1. The number of hydrogen-bond donors (Lipinski definition) is 2. The number of carboxylic acid groups (broad SMARTS) is 2. The van der Waals surface area contributed by atoms with Crippen LogP contribution in [0.25, 0.3) is 0 Å². The van der Waals surface area contributed by atoms with Crippen LogP contribution in [0.3, 0.4) is 0 Å². The third-order valence-corrected chi connectivity index (χ3v) is 6.23. The van der Waals surface area contributed by atoms with Crippen LogP contribution >= 0.6 is 0 Å². The summed E-state index contributed by atoms with van der Waals surface area (Å²) < 4.78 is 0.125. The molecule has 176 valence electrons. The molecule has 2 N–H and O–H groups in total. The molecule has 0 aromatic rings. The van der Waals surface area contributed by atoms with Gasteiger partial charge in [-0.3, -0.25) is 4.79 Å². The summed E-state index contributed by atoms with van der Waals surface area (Å²) in [5.74, 6) is -2.06. The Labute approximate surface area is 185 Å². The molecule has 0 aliphatic carbocycles. The number of quaternary nitrogens is 1. The Bertz CT molecular complexity index is 496. The Morgan fingerprint density at radius 2 is 1.17 bits per heavy atom. The molecule has 0 aromatic carbocycles. The highest BCUT2D eigenvalue weighted by Gasteiger charge is 2.51. The van der Waals surface area contributed by atoms with Crippen LogP contribution in [-0.2, 0) is 9.59 Å². The minimum atomic E-state index is -1.26. The van der Waals surface area contributed by atoms with E-state index in [-0.39, 0.29) is 10.9 Å². The predicted octanol–water partition coefficient (Wildman–Crippen LogP) is 6.42. The summed E-state index contributed by atoms with van der Waals surface area (Å²) in [5, 5.41) is 19.0. The lowest BCUT2D eigenvalue weighted by molar-refractivity contribution is -0.914. The van der Waals surface area contributed by atoms with Gasteiger partial charge in [0.1, 0.15) is 6.42 Å². The van der Waals surface area contributed by atoms with E-state index in [9.17, 15) is 19.8 Å². The van der Waals surface area contributed by atoms with Gasteiger partial charge in [0.25, 0.3) is 0 Å². The maximum atomic E-state index is 11.9. The van der Waals surface area contributed by atoms with E-state index in [1.807, 2.05) is 0 Å². The molecule has 0 fully saturated rings. The third-order valence-electron chi connectivity index (χ3n) is 6.23. The van der Waals surface area contributed by atoms with E-state index in [0.717, 1.165) is 32.1 Å². The van der Waals surface area contributed by atoms with Gasteiger partial charge >= 0.3 is 11.9 Å². The summed E-state index contributed by atoms with van der Waals surface area (Å²) >= 11 is 0. The second-order valence-corrected chi connectivity index (χ2v) is 9.61. The smallest absolute Gasteiger partial charge is 0.366 e. The number of carbonyl (C=O) groups is 2. The van der Waals surface area contributed by atoms with Crippen LogP contribution in [0.5, 0.6) is 0 Å². The quantitative estimate of drug-likeness (QED) is 0.134. The standard InChI is InChI=1S/C25H47NO4/c1-5-6-7-8-9-10-11-12-13-14-15-16-17-18-19-20-21-25(24(29)30,22-23(27)28)26(2,3)4/h12-13H,5-11,14-22H2,1-4H3,(H-,27,28,29,30)/p+1/b13-12-. The fourth-order valence-electron chi connectivity index (χ4n) is 4.05. The molecule has 5 nitrogen and oxygen atoms in total. The number of nitrogens with zero attached hydrogens (tertiary/aromatic N) is 1. The van der Waals surface area contributed by atoms with Crippen LogP contribution < -0.4 is 0 Å². The van der Waals surface area contributed by atoms with Crippen molar-refractivity contribution in [2.24, 2.45) is 0 Å². The maximum Gasteiger partial charge on any atom is 0.366 e. The number of rotatable bonds is 20. The Kier molecular flexibility index (Phi) is 15.6. The number of unbranched alkanes of at least 4 members (excludes halogenated alkanes) is 12. The monoisotopic (exact) mass is 426 g/mol. The third kappa shape index (κ3) is 12.4. The van der Waals surface area contributed by atoms with Crippen molar-refractivity contribution in [1.82, 2.24) is 0 Å². The van der Waals surface area contributed by atoms with Gasteiger partial charge in [-0.15, -0.1) is 0 Å². The van der Waals surface area contributed by atoms with Crippen LogP contribution in [-0.4, -0.2) is 53.3 Å². The maximum absolute atomic E-state index is 11.9. The molecule has 0 radical (unpaired) electrons. The van der Waals surface area contributed by atoms with Gasteiger partial charge in [-0.25, -0.2) is 4.79 Å². The van der Waals surface area contributed by atoms with E-state index in [1.165, 1.54) is 57.8 Å². The first-order valence-corrected chi connectivity index (χ1v) is 12.1. The summed E-state index contributed by atoms with van der Waals surface area (Å²) in [5.41, 5.74) is -1.26. The van der Waals surface area contributed by atoms with Crippen molar-refractivity contribution in [2.75, 3.05) is 21.1 Å². The molecular formula is C25H48NO4+. The fraction of sp³-hybridized carbons (Fsp3) is 0.840. The Hall–Kier alpha value is -1.36. The second-order valence-electron chi connectivity index (χ2n) is 9.61. The lowest BCUT2D eigenvalue weighted by atomic mass is 9.85. The average Bonchev–Trinajstić information content (AvgIpc) is 2.65. The van der Waals surface area contributed by atoms with Crippen molar-refractivity contribution in [1.29, 1.82) is 0 Å². The normalized spacial score (nSPS) is 14.1. The fourth-order valence-corrected chi connectivity index (χ4v) is 4.05. The van der Waals surface area contributed by atoms with Gasteiger partial charge in [0.2, 0.25) is 5.54 Å². The molecule has 0 aromatic heterocycles. The lowest BCUT2D eigenvalue weighted by Crippen LogP contribution is -2.62. The molecule has 0 aliphatic heterocycles. The molecule has 0 saturated heterocycles. The van der Waals surface area contributed by atoms with Crippen LogP contribution in [0.4, 0.5) is 0 Å². The van der Waals surface area contributed by atoms with Gasteiger partial charge in [0, 0.05) is 6.42 Å². The zero-order valence-electron chi connectivity index (χ0n) is 20.1. The zero-order valence-corrected chi connectivity index (χ0v) is 20.1. The Morgan fingerprint density at radius 1 is 0.733 bits per heavy atom. The van der Waals surface area contributed by atoms with Crippen molar-refractivity contribution < 1.29 is 24.3 Å². The highest BCUT2D eigenvalue weighted by atomic mass is 16.4. The molecule has 0 amide bonds. The molecule has 0 bridgehead atoms. The van der Waals surface area contributed by atoms with Gasteiger partial charge in [-0.1, -0.05) is 76.9 Å². The van der Waals surface area contributed by atoms with Gasteiger partial charge < -0.3 is 14.7 Å². The molecule has 30 heavy (non-hydrogen) atoms. The molecule has 0 spiro atoms. The van der Waals surface area contributed by atoms with E-state index >= 15 is 0 Å². The number of allylic oxidation sites excluding steroid dienone is 2. The van der Waals surface area contributed by atoms with Crippen LogP contribution in [0, 0.1) is 0 Å². The molecule has 1 atom stereocenters. The molecule has 0 rings (SSSR count). The Balaban J connectivity index is 3.88. The molecular weight excluding hydrogens is 378 g/mol. The first-order chi connectivity index (χ1) is 14.2. The van der Waals surface area contributed by atoms with Crippen molar-refractivity contribution in [2.45, 2.75) is 115 Å². The number of carboxylic acids is 2. The zero-order chi connectivity index (χ0) is 22.9. The SMILES string of the molecule is CCCCCCCC/C=C\CCCCCCCCC(CC(=O)O)(C(=O)O)[N+](C)(C)C. The van der Waals surface area contributed by atoms with Gasteiger partial charge in [-0.05, 0) is 32.1 Å². The van der Waals surface area contributed by atoms with Gasteiger partial charge in [-0.2, -0.15) is 0 Å². The van der Waals surface area contributed by atoms with Crippen LogP contribution in [0.1, 0.15) is 110 Å². The van der Waals surface area contributed by atoms with E-state index in [0.29, 0.717) is 6.42 Å². The minimum absolute atomic E-state index is 0.125. The summed E-state index contributed by atoms with van der Waals surface area (Å²) in [4.78, 5) is 23.2. The van der Waals surface area contributed by atoms with E-state index in [4.69, 9.17) is 0 Å². The van der Waals surface area contributed by atoms with E-state index in [1.54, 1.807) is 21.1 Å². The highest BCUT2D eigenvalue weighted by molar-refractivity contribution is 5.83. The first kappa shape index (κ1) is 28.6. The summed E-state index contributed by atoms with van der Waals surface area (Å²) in [6.07, 6.45) is 21.6.